The molecule has 3 fully saturated rings. The molecule has 3 N–H and O–H groups in total. The normalized spacial score (nSPS) is 36.1. The van der Waals surface area contributed by atoms with Crippen molar-refractivity contribution in [2.75, 3.05) is 0 Å². The van der Waals surface area contributed by atoms with Crippen molar-refractivity contribution in [3.8, 4) is 0 Å². The van der Waals surface area contributed by atoms with Crippen LogP contribution in [0.1, 0.15) is 94.9 Å². The quantitative estimate of drug-likeness (QED) is 0.416. The van der Waals surface area contributed by atoms with Gasteiger partial charge in [-0.3, -0.25) is 0 Å². The topological polar surface area (TPSA) is 73.6 Å². The Balaban J connectivity index is 1.38. The van der Waals surface area contributed by atoms with Crippen LogP contribution in [0.3, 0.4) is 0 Å². The summed E-state index contributed by atoms with van der Waals surface area (Å²) in [6, 6.07) is 0. The van der Waals surface area contributed by atoms with E-state index in [-0.39, 0.29) is 0 Å². The molecule has 5 heteroatoms. The molecule has 1 aromatic heterocycles. The second-order valence-corrected chi connectivity index (χ2v) is 12.3. The third-order valence-electron chi connectivity index (χ3n) is 9.05. The van der Waals surface area contributed by atoms with E-state index in [9.17, 15) is 15.3 Å². The Morgan fingerprint density at radius 3 is 2.79 bits per heavy atom. The maximum atomic E-state index is 10.5. The van der Waals surface area contributed by atoms with Crippen LogP contribution in [0, 0.1) is 30.1 Å². The average Bonchev–Trinajstić information content (AvgIpc) is 3.38. The van der Waals surface area contributed by atoms with E-state index in [1.54, 1.807) is 16.9 Å². The highest BCUT2D eigenvalue weighted by molar-refractivity contribution is 7.09. The van der Waals surface area contributed by atoms with E-state index in [4.69, 9.17) is 0 Å². The fourth-order valence-corrected chi connectivity index (χ4v) is 7.98. The van der Waals surface area contributed by atoms with Gasteiger partial charge < -0.3 is 15.3 Å². The molecular formula is C29H43NO3S. The van der Waals surface area contributed by atoms with Crippen LogP contribution in [-0.4, -0.2) is 32.5 Å². The number of aliphatic hydroxyl groups excluding tert-OH is 3. The van der Waals surface area contributed by atoms with Crippen molar-refractivity contribution < 1.29 is 15.3 Å². The van der Waals surface area contributed by atoms with Crippen molar-refractivity contribution >= 4 is 11.3 Å². The largest absolute Gasteiger partial charge is 0.393 e. The summed E-state index contributed by atoms with van der Waals surface area (Å²) in [5.74, 6) is 2.00. The van der Waals surface area contributed by atoms with Crippen molar-refractivity contribution in [2.24, 2.45) is 23.2 Å². The SMILES string of the molecule is C=C1/C(=C\C=C2/CCC[C@]3(C)[C@@H]([C@H](C)CCC[C@@H](O)c4nc(C)cs4)CC[C@@H]23)C[C@@H](O)C[C@@H]1O. The van der Waals surface area contributed by atoms with Gasteiger partial charge in [0.05, 0.1) is 12.2 Å². The summed E-state index contributed by atoms with van der Waals surface area (Å²) in [6.07, 6.45) is 13.1. The first-order chi connectivity index (χ1) is 16.2. The number of hydrogen-bond donors (Lipinski definition) is 3. The molecule has 1 heterocycles. The average molecular weight is 486 g/mol. The first-order valence-electron chi connectivity index (χ1n) is 13.2. The van der Waals surface area contributed by atoms with Gasteiger partial charge in [-0.25, -0.2) is 4.98 Å². The molecule has 0 bridgehead atoms. The van der Waals surface area contributed by atoms with E-state index >= 15 is 0 Å². The Kier molecular flexibility index (Phi) is 8.18. The third kappa shape index (κ3) is 5.43. The predicted molar refractivity (Wildman–Crippen MR) is 140 cm³/mol. The van der Waals surface area contributed by atoms with Gasteiger partial charge in [-0.1, -0.05) is 51.0 Å². The molecule has 0 radical (unpaired) electrons. The molecule has 0 aromatic carbocycles. The van der Waals surface area contributed by atoms with Gasteiger partial charge in [-0.05, 0) is 86.2 Å². The zero-order valence-electron chi connectivity index (χ0n) is 21.2. The second kappa shape index (κ2) is 10.8. The van der Waals surface area contributed by atoms with Crippen LogP contribution in [0.15, 0.2) is 40.8 Å². The molecule has 3 aliphatic carbocycles. The number of aromatic nitrogens is 1. The molecule has 34 heavy (non-hydrogen) atoms. The summed E-state index contributed by atoms with van der Waals surface area (Å²) in [4.78, 5) is 4.45. The van der Waals surface area contributed by atoms with E-state index in [2.05, 4.69) is 37.6 Å². The van der Waals surface area contributed by atoms with Crippen molar-refractivity contribution in [3.05, 3.63) is 51.5 Å². The Hall–Kier alpha value is -1.27. The maximum absolute atomic E-state index is 10.5. The fraction of sp³-hybridized carbons (Fsp3) is 0.690. The molecule has 4 nitrogen and oxygen atoms in total. The summed E-state index contributed by atoms with van der Waals surface area (Å²) in [5.41, 5.74) is 4.66. The van der Waals surface area contributed by atoms with Gasteiger partial charge in [0.15, 0.2) is 0 Å². The van der Waals surface area contributed by atoms with Gasteiger partial charge in [0.2, 0.25) is 0 Å². The third-order valence-corrected chi connectivity index (χ3v) is 10.1. The number of aliphatic hydroxyl groups is 3. The summed E-state index contributed by atoms with van der Waals surface area (Å²) in [6.45, 7) is 11.0. The van der Waals surface area contributed by atoms with Gasteiger partial charge >= 0.3 is 0 Å². The Morgan fingerprint density at radius 2 is 2.06 bits per heavy atom. The zero-order valence-corrected chi connectivity index (χ0v) is 22.0. The van der Waals surface area contributed by atoms with Crippen LogP contribution >= 0.6 is 11.3 Å². The van der Waals surface area contributed by atoms with Crippen LogP contribution in [-0.2, 0) is 0 Å². The van der Waals surface area contributed by atoms with Crippen LogP contribution in [0.4, 0.5) is 0 Å². The lowest BCUT2D eigenvalue weighted by atomic mass is 9.60. The standard InChI is InChI=1S/C29H43NO3S/c1-18(7-5-9-26(32)28-30-19(2)17-34-28)24-12-13-25-21(8-6-14-29(24,25)4)10-11-22-15-23(31)16-27(33)20(22)3/h10-11,17-18,23-27,31-33H,3,5-9,12-16H2,1-2,4H3/b21-10+,22-11-/t18-,23-,24-,25+,26-,27+,29-/m1/s1. The van der Waals surface area contributed by atoms with Gasteiger partial charge in [0.1, 0.15) is 11.1 Å². The lowest BCUT2D eigenvalue weighted by Gasteiger charge is -2.44. The molecule has 3 saturated carbocycles. The Labute approximate surface area is 209 Å². The molecule has 0 spiro atoms. The minimum absolute atomic E-state index is 0.343. The minimum atomic E-state index is -0.625. The van der Waals surface area contributed by atoms with E-state index in [1.807, 2.05) is 12.3 Å². The number of allylic oxidation sites excluding steroid dienone is 3. The van der Waals surface area contributed by atoms with Crippen LogP contribution in [0.5, 0.6) is 0 Å². The van der Waals surface area contributed by atoms with Crippen molar-refractivity contribution in [1.29, 1.82) is 0 Å². The molecule has 188 valence electrons. The summed E-state index contributed by atoms with van der Waals surface area (Å²) in [7, 11) is 0. The molecule has 3 aliphatic rings. The van der Waals surface area contributed by atoms with Crippen LogP contribution in [0.2, 0.25) is 0 Å². The highest BCUT2D eigenvalue weighted by atomic mass is 32.1. The molecule has 4 rings (SSSR count). The van der Waals surface area contributed by atoms with Crippen molar-refractivity contribution in [2.45, 2.75) is 103 Å². The molecule has 0 unspecified atom stereocenters. The molecule has 0 saturated heterocycles. The molecule has 1 aromatic rings. The number of rotatable bonds is 7. The molecule has 7 atom stereocenters. The number of aryl methyl sites for hydroxylation is 1. The number of nitrogens with zero attached hydrogens (tertiary/aromatic N) is 1. The summed E-state index contributed by atoms with van der Waals surface area (Å²) in [5, 5.41) is 33.6. The van der Waals surface area contributed by atoms with Gasteiger partial charge in [0, 0.05) is 17.5 Å². The summed E-state index contributed by atoms with van der Waals surface area (Å²) >= 11 is 1.57. The molecular weight excluding hydrogens is 442 g/mol. The van der Waals surface area contributed by atoms with E-state index in [0.717, 1.165) is 53.4 Å². The fourth-order valence-electron chi connectivity index (χ4n) is 7.16. The Morgan fingerprint density at radius 1 is 1.26 bits per heavy atom. The number of hydrogen-bond acceptors (Lipinski definition) is 5. The van der Waals surface area contributed by atoms with Crippen molar-refractivity contribution in [1.82, 2.24) is 4.98 Å². The summed E-state index contributed by atoms with van der Waals surface area (Å²) < 4.78 is 0. The van der Waals surface area contributed by atoms with Gasteiger partial charge in [0.25, 0.3) is 0 Å². The lowest BCUT2D eigenvalue weighted by Crippen LogP contribution is -2.36. The zero-order chi connectivity index (χ0) is 24.5. The van der Waals surface area contributed by atoms with E-state index < -0.39 is 18.3 Å². The minimum Gasteiger partial charge on any atom is -0.393 e. The van der Waals surface area contributed by atoms with E-state index in [1.165, 1.54) is 25.7 Å². The van der Waals surface area contributed by atoms with E-state index in [0.29, 0.717) is 30.1 Å². The number of thiazole rings is 1. The lowest BCUT2D eigenvalue weighted by molar-refractivity contribution is 0.0860. The highest BCUT2D eigenvalue weighted by Crippen LogP contribution is 2.60. The van der Waals surface area contributed by atoms with Gasteiger partial charge in [-0.15, -0.1) is 11.3 Å². The second-order valence-electron chi connectivity index (χ2n) is 11.4. The Bertz CT molecular complexity index is 934. The monoisotopic (exact) mass is 485 g/mol. The van der Waals surface area contributed by atoms with Gasteiger partial charge in [-0.2, -0.15) is 0 Å². The molecule has 0 amide bonds. The first-order valence-corrected chi connectivity index (χ1v) is 14.1. The maximum Gasteiger partial charge on any atom is 0.121 e. The predicted octanol–water partition coefficient (Wildman–Crippen LogP) is 6.43. The first kappa shape index (κ1) is 25.8. The molecule has 0 aliphatic heterocycles. The number of fused-ring (bicyclic) bond motifs is 1. The smallest absolute Gasteiger partial charge is 0.121 e. The van der Waals surface area contributed by atoms with Crippen LogP contribution in [0.25, 0.3) is 0 Å². The highest BCUT2D eigenvalue weighted by Gasteiger charge is 2.50. The van der Waals surface area contributed by atoms with Crippen molar-refractivity contribution in [3.63, 3.8) is 0 Å². The van der Waals surface area contributed by atoms with Crippen LogP contribution < -0.4 is 0 Å².